The third-order valence-corrected chi connectivity index (χ3v) is 3.84. The van der Waals surface area contributed by atoms with Gasteiger partial charge in [-0.05, 0) is 57.5 Å². The monoisotopic (exact) mass is 242 g/mol. The van der Waals surface area contributed by atoms with E-state index in [-0.39, 0.29) is 5.54 Å². The first kappa shape index (κ1) is 14.9. The van der Waals surface area contributed by atoms with Crippen molar-refractivity contribution >= 4 is 0 Å². The van der Waals surface area contributed by atoms with Crippen LogP contribution in [0.2, 0.25) is 0 Å². The summed E-state index contributed by atoms with van der Waals surface area (Å²) in [6, 6.07) is 0. The van der Waals surface area contributed by atoms with Gasteiger partial charge in [-0.1, -0.05) is 13.8 Å². The maximum atomic E-state index is 5.83. The maximum absolute atomic E-state index is 5.83. The Kier molecular flexibility index (Phi) is 6.45. The highest BCUT2D eigenvalue weighted by Crippen LogP contribution is 2.20. The molecule has 1 rings (SSSR count). The molecule has 0 saturated carbocycles. The van der Waals surface area contributed by atoms with Gasteiger partial charge in [0, 0.05) is 18.8 Å². The molecule has 1 aliphatic rings. The van der Waals surface area contributed by atoms with Gasteiger partial charge in [0.05, 0.1) is 0 Å². The van der Waals surface area contributed by atoms with Gasteiger partial charge in [-0.2, -0.15) is 0 Å². The van der Waals surface area contributed by atoms with Crippen LogP contribution in [0, 0.1) is 11.8 Å². The number of ether oxygens (including phenoxy) is 1. The van der Waals surface area contributed by atoms with Gasteiger partial charge in [0.1, 0.15) is 0 Å². The Morgan fingerprint density at radius 1 is 1.29 bits per heavy atom. The van der Waals surface area contributed by atoms with Crippen molar-refractivity contribution in [2.75, 3.05) is 26.3 Å². The molecule has 1 unspecified atom stereocenters. The van der Waals surface area contributed by atoms with Crippen molar-refractivity contribution in [2.45, 2.75) is 52.0 Å². The molecule has 1 atom stereocenters. The standard InChI is InChI=1S/C14H30N2O/c1-12(2)10-13(11-15)4-7-16-14(3)5-8-17-9-6-14/h12-13,16H,4-11,15H2,1-3H3. The van der Waals surface area contributed by atoms with Crippen molar-refractivity contribution in [1.29, 1.82) is 0 Å². The van der Waals surface area contributed by atoms with Crippen molar-refractivity contribution in [2.24, 2.45) is 17.6 Å². The van der Waals surface area contributed by atoms with E-state index in [4.69, 9.17) is 10.5 Å². The molecule has 1 aliphatic heterocycles. The Balaban J connectivity index is 2.20. The van der Waals surface area contributed by atoms with Crippen LogP contribution in [0.5, 0.6) is 0 Å². The van der Waals surface area contributed by atoms with E-state index in [0.29, 0.717) is 5.92 Å². The second-order valence-corrected chi connectivity index (χ2v) is 6.12. The molecular weight excluding hydrogens is 212 g/mol. The lowest BCUT2D eigenvalue weighted by Crippen LogP contribution is -2.47. The Labute approximate surface area is 106 Å². The van der Waals surface area contributed by atoms with Crippen LogP contribution in [-0.4, -0.2) is 31.8 Å². The van der Waals surface area contributed by atoms with Gasteiger partial charge in [0.25, 0.3) is 0 Å². The topological polar surface area (TPSA) is 47.3 Å². The predicted octanol–water partition coefficient (Wildman–Crippen LogP) is 2.16. The average molecular weight is 242 g/mol. The second-order valence-electron chi connectivity index (χ2n) is 6.12. The Morgan fingerprint density at radius 2 is 1.94 bits per heavy atom. The number of nitrogens with one attached hydrogen (secondary N) is 1. The van der Waals surface area contributed by atoms with E-state index in [1.54, 1.807) is 0 Å². The Morgan fingerprint density at radius 3 is 2.47 bits per heavy atom. The zero-order chi connectivity index (χ0) is 12.7. The van der Waals surface area contributed by atoms with E-state index in [9.17, 15) is 0 Å². The highest BCUT2D eigenvalue weighted by Gasteiger charge is 2.26. The van der Waals surface area contributed by atoms with Gasteiger partial charge in [0.15, 0.2) is 0 Å². The average Bonchev–Trinajstić information content (AvgIpc) is 2.28. The van der Waals surface area contributed by atoms with Crippen LogP contribution < -0.4 is 11.1 Å². The van der Waals surface area contributed by atoms with Gasteiger partial charge in [-0.15, -0.1) is 0 Å². The van der Waals surface area contributed by atoms with Crippen molar-refractivity contribution in [1.82, 2.24) is 5.32 Å². The highest BCUT2D eigenvalue weighted by atomic mass is 16.5. The molecule has 0 spiro atoms. The lowest BCUT2D eigenvalue weighted by atomic mass is 9.90. The minimum atomic E-state index is 0.287. The molecule has 0 aromatic carbocycles. The van der Waals surface area contributed by atoms with Crippen LogP contribution in [0.4, 0.5) is 0 Å². The van der Waals surface area contributed by atoms with E-state index < -0.39 is 0 Å². The molecular formula is C14H30N2O. The van der Waals surface area contributed by atoms with Crippen LogP contribution in [0.25, 0.3) is 0 Å². The third-order valence-electron chi connectivity index (χ3n) is 3.84. The van der Waals surface area contributed by atoms with Crippen LogP contribution in [-0.2, 0) is 4.74 Å². The van der Waals surface area contributed by atoms with Crippen molar-refractivity contribution in [3.63, 3.8) is 0 Å². The lowest BCUT2D eigenvalue weighted by molar-refractivity contribution is 0.0448. The summed E-state index contributed by atoms with van der Waals surface area (Å²) in [6.45, 7) is 10.6. The van der Waals surface area contributed by atoms with E-state index in [2.05, 4.69) is 26.1 Å². The van der Waals surface area contributed by atoms with Crippen LogP contribution in [0.15, 0.2) is 0 Å². The molecule has 0 radical (unpaired) electrons. The molecule has 3 N–H and O–H groups in total. The molecule has 0 amide bonds. The fourth-order valence-corrected chi connectivity index (χ4v) is 2.58. The fourth-order valence-electron chi connectivity index (χ4n) is 2.58. The molecule has 3 heteroatoms. The third kappa shape index (κ3) is 5.84. The second kappa shape index (κ2) is 7.34. The minimum absolute atomic E-state index is 0.287. The number of hydrogen-bond acceptors (Lipinski definition) is 3. The fraction of sp³-hybridized carbons (Fsp3) is 1.00. The first-order valence-corrected chi connectivity index (χ1v) is 7.08. The van der Waals surface area contributed by atoms with Crippen molar-refractivity contribution < 1.29 is 4.74 Å². The first-order valence-electron chi connectivity index (χ1n) is 7.08. The van der Waals surface area contributed by atoms with Crippen molar-refractivity contribution in [3.8, 4) is 0 Å². The van der Waals surface area contributed by atoms with Gasteiger partial charge >= 0.3 is 0 Å². The molecule has 0 aromatic rings. The molecule has 0 aromatic heterocycles. The molecule has 17 heavy (non-hydrogen) atoms. The van der Waals surface area contributed by atoms with Gasteiger partial charge in [-0.25, -0.2) is 0 Å². The first-order chi connectivity index (χ1) is 8.06. The summed E-state index contributed by atoms with van der Waals surface area (Å²) < 4.78 is 5.41. The summed E-state index contributed by atoms with van der Waals surface area (Å²) in [6.07, 6.45) is 4.71. The summed E-state index contributed by atoms with van der Waals surface area (Å²) in [5.41, 5.74) is 6.11. The van der Waals surface area contributed by atoms with Crippen molar-refractivity contribution in [3.05, 3.63) is 0 Å². The molecule has 1 fully saturated rings. The molecule has 102 valence electrons. The maximum Gasteiger partial charge on any atom is 0.0483 e. The summed E-state index contributed by atoms with van der Waals surface area (Å²) >= 11 is 0. The molecule has 0 aliphatic carbocycles. The minimum Gasteiger partial charge on any atom is -0.381 e. The summed E-state index contributed by atoms with van der Waals surface area (Å²) in [4.78, 5) is 0. The smallest absolute Gasteiger partial charge is 0.0483 e. The van der Waals surface area contributed by atoms with Crippen LogP contribution in [0.1, 0.15) is 46.5 Å². The number of hydrogen-bond donors (Lipinski definition) is 2. The lowest BCUT2D eigenvalue weighted by Gasteiger charge is -2.35. The summed E-state index contributed by atoms with van der Waals surface area (Å²) in [5.74, 6) is 1.42. The van der Waals surface area contributed by atoms with Gasteiger partial charge in [0.2, 0.25) is 0 Å². The van der Waals surface area contributed by atoms with E-state index in [0.717, 1.165) is 45.1 Å². The normalized spacial score (nSPS) is 21.7. The van der Waals surface area contributed by atoms with Crippen LogP contribution in [0.3, 0.4) is 0 Å². The highest BCUT2D eigenvalue weighted by molar-refractivity contribution is 4.85. The molecule has 3 nitrogen and oxygen atoms in total. The zero-order valence-electron chi connectivity index (χ0n) is 11.8. The molecule has 1 heterocycles. The zero-order valence-corrected chi connectivity index (χ0v) is 11.8. The summed E-state index contributed by atoms with van der Waals surface area (Å²) in [5, 5.41) is 3.70. The van der Waals surface area contributed by atoms with Gasteiger partial charge < -0.3 is 15.8 Å². The van der Waals surface area contributed by atoms with E-state index in [1.807, 2.05) is 0 Å². The van der Waals surface area contributed by atoms with Gasteiger partial charge in [-0.3, -0.25) is 0 Å². The number of rotatable bonds is 7. The van der Waals surface area contributed by atoms with E-state index >= 15 is 0 Å². The molecule has 1 saturated heterocycles. The Hall–Kier alpha value is -0.120. The quantitative estimate of drug-likeness (QED) is 0.719. The summed E-state index contributed by atoms with van der Waals surface area (Å²) in [7, 11) is 0. The van der Waals surface area contributed by atoms with Crippen LogP contribution >= 0.6 is 0 Å². The Bertz CT molecular complexity index is 200. The largest absolute Gasteiger partial charge is 0.381 e. The predicted molar refractivity (Wildman–Crippen MR) is 73.1 cm³/mol. The molecule has 0 bridgehead atoms. The van der Waals surface area contributed by atoms with E-state index in [1.165, 1.54) is 12.8 Å². The number of nitrogens with two attached hydrogens (primary N) is 1. The SMILES string of the molecule is CC(C)CC(CN)CCNC1(C)CCOCC1.